The summed E-state index contributed by atoms with van der Waals surface area (Å²) in [5.74, 6) is 1.06. The van der Waals surface area contributed by atoms with Gasteiger partial charge >= 0.3 is 0 Å². The van der Waals surface area contributed by atoms with Crippen LogP contribution in [0.25, 0.3) is 0 Å². The van der Waals surface area contributed by atoms with Gasteiger partial charge < -0.3 is 10.4 Å². The van der Waals surface area contributed by atoms with E-state index in [1.165, 1.54) is 6.20 Å². The number of halogens is 1. The second kappa shape index (κ2) is 3.94. The zero-order valence-corrected chi connectivity index (χ0v) is 9.33. The third-order valence-electron chi connectivity index (χ3n) is 2.70. The van der Waals surface area contributed by atoms with E-state index in [0.29, 0.717) is 23.4 Å². The molecule has 0 radical (unpaired) electrons. The molecular formula is C10H14ClN3O. The number of nitrogens with one attached hydrogen (secondary N) is 1. The summed E-state index contributed by atoms with van der Waals surface area (Å²) in [7, 11) is 0. The van der Waals surface area contributed by atoms with Crippen molar-refractivity contribution in [1.29, 1.82) is 0 Å². The van der Waals surface area contributed by atoms with Gasteiger partial charge in [-0.3, -0.25) is 0 Å². The van der Waals surface area contributed by atoms with Crippen LogP contribution in [0, 0.1) is 5.92 Å². The minimum absolute atomic E-state index is 0.370. The molecule has 1 aromatic rings. The Balaban J connectivity index is 1.89. The Labute approximate surface area is 93.7 Å². The molecule has 1 unspecified atom stereocenters. The minimum atomic E-state index is -0.651. The average molecular weight is 228 g/mol. The van der Waals surface area contributed by atoms with Crippen LogP contribution in [0.1, 0.15) is 19.8 Å². The van der Waals surface area contributed by atoms with Crippen LogP contribution in [0.5, 0.6) is 0 Å². The Morgan fingerprint density at radius 1 is 1.53 bits per heavy atom. The van der Waals surface area contributed by atoms with Gasteiger partial charge in [0.15, 0.2) is 0 Å². The van der Waals surface area contributed by atoms with E-state index in [9.17, 15) is 5.11 Å². The first kappa shape index (κ1) is 10.6. The molecule has 2 N–H and O–H groups in total. The maximum Gasteiger partial charge on any atom is 0.147 e. The van der Waals surface area contributed by atoms with Gasteiger partial charge in [-0.15, -0.1) is 0 Å². The van der Waals surface area contributed by atoms with Crippen molar-refractivity contribution in [1.82, 2.24) is 9.97 Å². The van der Waals surface area contributed by atoms with Gasteiger partial charge in [0.25, 0.3) is 0 Å². The fraction of sp³-hybridized carbons (Fsp3) is 0.600. The lowest BCUT2D eigenvalue weighted by Crippen LogP contribution is -2.35. The Hall–Kier alpha value is -0.870. The zero-order valence-electron chi connectivity index (χ0n) is 8.57. The minimum Gasteiger partial charge on any atom is -0.388 e. The number of hydrogen-bond donors (Lipinski definition) is 2. The summed E-state index contributed by atoms with van der Waals surface area (Å²) in [6, 6.07) is 0. The Morgan fingerprint density at radius 2 is 2.27 bits per heavy atom. The van der Waals surface area contributed by atoms with E-state index in [4.69, 9.17) is 11.6 Å². The topological polar surface area (TPSA) is 58.0 Å². The van der Waals surface area contributed by atoms with Crippen molar-refractivity contribution < 1.29 is 5.11 Å². The molecule has 0 aliphatic heterocycles. The van der Waals surface area contributed by atoms with Crippen LogP contribution < -0.4 is 5.32 Å². The highest BCUT2D eigenvalue weighted by Gasteiger charge is 2.39. The van der Waals surface area contributed by atoms with E-state index in [0.717, 1.165) is 12.8 Å². The third kappa shape index (κ3) is 2.79. The molecule has 5 heteroatoms. The second-order valence-electron chi connectivity index (χ2n) is 4.21. The third-order valence-corrected chi connectivity index (χ3v) is 2.90. The SMILES string of the molecule is CC(O)(CNc1cnc(Cl)cn1)C1CC1. The monoisotopic (exact) mass is 227 g/mol. The summed E-state index contributed by atoms with van der Waals surface area (Å²) < 4.78 is 0. The van der Waals surface area contributed by atoms with Crippen LogP contribution in [0.4, 0.5) is 5.82 Å². The molecule has 15 heavy (non-hydrogen) atoms. The van der Waals surface area contributed by atoms with Gasteiger partial charge in [0.05, 0.1) is 18.0 Å². The summed E-state index contributed by atoms with van der Waals surface area (Å²) in [6.07, 6.45) is 5.27. The van der Waals surface area contributed by atoms with Gasteiger partial charge in [-0.1, -0.05) is 11.6 Å². The van der Waals surface area contributed by atoms with Crippen LogP contribution in [0.2, 0.25) is 5.15 Å². The van der Waals surface area contributed by atoms with Crippen molar-refractivity contribution in [3.05, 3.63) is 17.5 Å². The number of aromatic nitrogens is 2. The van der Waals surface area contributed by atoms with E-state index in [2.05, 4.69) is 15.3 Å². The smallest absolute Gasteiger partial charge is 0.147 e. The molecule has 1 fully saturated rings. The Morgan fingerprint density at radius 3 is 2.80 bits per heavy atom. The van der Waals surface area contributed by atoms with E-state index < -0.39 is 5.60 Å². The molecule has 1 aromatic heterocycles. The summed E-state index contributed by atoms with van der Waals surface area (Å²) >= 11 is 5.61. The molecule has 1 saturated carbocycles. The maximum atomic E-state index is 10.0. The van der Waals surface area contributed by atoms with Crippen molar-refractivity contribution >= 4 is 17.4 Å². The first-order valence-electron chi connectivity index (χ1n) is 5.02. The predicted octanol–water partition coefficient (Wildman–Crippen LogP) is 1.70. The number of aliphatic hydroxyl groups is 1. The van der Waals surface area contributed by atoms with Gasteiger partial charge in [-0.25, -0.2) is 9.97 Å². The molecule has 82 valence electrons. The number of rotatable bonds is 4. The largest absolute Gasteiger partial charge is 0.388 e. The predicted molar refractivity (Wildman–Crippen MR) is 58.9 cm³/mol. The zero-order chi connectivity index (χ0) is 10.9. The summed E-state index contributed by atoms with van der Waals surface area (Å²) in [6.45, 7) is 2.34. The van der Waals surface area contributed by atoms with Crippen LogP contribution in [0.3, 0.4) is 0 Å². The van der Waals surface area contributed by atoms with Crippen LogP contribution in [-0.2, 0) is 0 Å². The summed E-state index contributed by atoms with van der Waals surface area (Å²) in [4.78, 5) is 7.94. The normalized spacial score (nSPS) is 19.7. The fourth-order valence-corrected chi connectivity index (χ4v) is 1.62. The Kier molecular flexibility index (Phi) is 2.80. The van der Waals surface area contributed by atoms with Crippen molar-refractivity contribution in [2.24, 2.45) is 5.92 Å². The maximum absolute atomic E-state index is 10.0. The fourth-order valence-electron chi connectivity index (χ4n) is 1.52. The number of nitrogens with zero attached hydrogens (tertiary/aromatic N) is 2. The number of hydrogen-bond acceptors (Lipinski definition) is 4. The van der Waals surface area contributed by atoms with Gasteiger partial charge in [-0.05, 0) is 25.7 Å². The molecule has 1 heterocycles. The van der Waals surface area contributed by atoms with E-state index in [-0.39, 0.29) is 0 Å². The highest BCUT2D eigenvalue weighted by atomic mass is 35.5. The molecule has 1 atom stereocenters. The Bertz CT molecular complexity index is 335. The first-order chi connectivity index (χ1) is 7.08. The highest BCUT2D eigenvalue weighted by Crippen LogP contribution is 2.39. The molecule has 0 saturated heterocycles. The summed E-state index contributed by atoms with van der Waals surface area (Å²) in [5.41, 5.74) is -0.651. The quantitative estimate of drug-likeness (QED) is 0.822. The molecular weight excluding hydrogens is 214 g/mol. The molecule has 2 rings (SSSR count). The van der Waals surface area contributed by atoms with Crippen LogP contribution >= 0.6 is 11.6 Å². The molecule has 1 aliphatic carbocycles. The van der Waals surface area contributed by atoms with Crippen LogP contribution in [-0.4, -0.2) is 27.2 Å². The van der Waals surface area contributed by atoms with Crippen molar-refractivity contribution in [2.45, 2.75) is 25.4 Å². The van der Waals surface area contributed by atoms with Gasteiger partial charge in [0, 0.05) is 6.54 Å². The van der Waals surface area contributed by atoms with Gasteiger partial charge in [0.2, 0.25) is 0 Å². The van der Waals surface area contributed by atoms with Crippen molar-refractivity contribution in [2.75, 3.05) is 11.9 Å². The first-order valence-corrected chi connectivity index (χ1v) is 5.39. The number of anilines is 1. The van der Waals surface area contributed by atoms with Crippen molar-refractivity contribution in [3.8, 4) is 0 Å². The molecule has 0 bridgehead atoms. The molecule has 0 amide bonds. The van der Waals surface area contributed by atoms with E-state index in [1.54, 1.807) is 6.20 Å². The molecule has 0 aromatic carbocycles. The molecule has 4 nitrogen and oxygen atoms in total. The lowest BCUT2D eigenvalue weighted by atomic mass is 10.0. The summed E-state index contributed by atoms with van der Waals surface area (Å²) in [5, 5.41) is 13.5. The van der Waals surface area contributed by atoms with E-state index >= 15 is 0 Å². The van der Waals surface area contributed by atoms with Gasteiger partial charge in [-0.2, -0.15) is 0 Å². The highest BCUT2D eigenvalue weighted by molar-refractivity contribution is 6.29. The van der Waals surface area contributed by atoms with E-state index in [1.807, 2.05) is 6.92 Å². The lowest BCUT2D eigenvalue weighted by Gasteiger charge is -2.23. The second-order valence-corrected chi connectivity index (χ2v) is 4.60. The molecule has 1 aliphatic rings. The standard InChI is InChI=1S/C10H14ClN3O/c1-10(15,7-2-3-7)6-14-9-5-12-8(11)4-13-9/h4-5,7,15H,2-3,6H2,1H3,(H,13,14). The lowest BCUT2D eigenvalue weighted by molar-refractivity contribution is 0.0502. The van der Waals surface area contributed by atoms with Crippen LogP contribution in [0.15, 0.2) is 12.4 Å². The van der Waals surface area contributed by atoms with Crippen molar-refractivity contribution in [3.63, 3.8) is 0 Å². The molecule has 0 spiro atoms. The van der Waals surface area contributed by atoms with Gasteiger partial charge in [0.1, 0.15) is 11.0 Å². The average Bonchev–Trinajstić information content (AvgIpc) is 3.00.